The molecule has 1 aliphatic heterocycles. The number of nitrogens with one attached hydrogen (secondary N) is 1. The number of aromatic nitrogens is 2. The van der Waals surface area contributed by atoms with Crippen molar-refractivity contribution in [3.05, 3.63) is 11.9 Å². The van der Waals surface area contributed by atoms with Crippen LogP contribution in [0.3, 0.4) is 0 Å². The van der Waals surface area contributed by atoms with Crippen molar-refractivity contribution in [2.45, 2.75) is 32.9 Å². The lowest BCUT2D eigenvalue weighted by atomic mass is 9.95. The summed E-state index contributed by atoms with van der Waals surface area (Å²) in [4.78, 5) is 0. The van der Waals surface area contributed by atoms with E-state index < -0.39 is 9.84 Å². The van der Waals surface area contributed by atoms with Gasteiger partial charge >= 0.3 is 0 Å². The monoisotopic (exact) mass is 301 g/mol. The van der Waals surface area contributed by atoms with Gasteiger partial charge in [0.15, 0.2) is 15.6 Å². The van der Waals surface area contributed by atoms with Crippen molar-refractivity contribution >= 4 is 9.84 Å². The molecule has 1 aromatic heterocycles. The first kappa shape index (κ1) is 15.3. The zero-order chi connectivity index (χ0) is 14.8. The van der Waals surface area contributed by atoms with Crippen molar-refractivity contribution in [3.8, 4) is 5.75 Å². The summed E-state index contributed by atoms with van der Waals surface area (Å²) in [6.45, 7) is 5.55. The van der Waals surface area contributed by atoms with E-state index in [2.05, 4.69) is 10.4 Å². The summed E-state index contributed by atoms with van der Waals surface area (Å²) in [6, 6.07) is -0.0327. The number of aryl methyl sites for hydroxylation is 1. The predicted molar refractivity (Wildman–Crippen MR) is 77.6 cm³/mol. The van der Waals surface area contributed by atoms with E-state index in [-0.39, 0.29) is 23.5 Å². The maximum Gasteiger partial charge on any atom is 0.161 e. The van der Waals surface area contributed by atoms with E-state index >= 15 is 0 Å². The number of rotatable bonds is 6. The van der Waals surface area contributed by atoms with Crippen LogP contribution in [0.25, 0.3) is 0 Å². The molecule has 0 spiro atoms. The van der Waals surface area contributed by atoms with Gasteiger partial charge < -0.3 is 10.1 Å². The fourth-order valence-corrected chi connectivity index (χ4v) is 4.73. The van der Waals surface area contributed by atoms with Gasteiger partial charge in [-0.2, -0.15) is 5.10 Å². The van der Waals surface area contributed by atoms with Crippen molar-refractivity contribution in [2.75, 3.05) is 25.2 Å². The Bertz CT molecular complexity index is 532. The lowest BCUT2D eigenvalue weighted by molar-refractivity contribution is 0.347. The molecule has 6 nitrogen and oxygen atoms in total. The molecule has 0 saturated carbocycles. The summed E-state index contributed by atoms with van der Waals surface area (Å²) in [5, 5.41) is 7.73. The van der Waals surface area contributed by atoms with Gasteiger partial charge in [-0.1, -0.05) is 6.92 Å². The maximum atomic E-state index is 11.7. The van der Waals surface area contributed by atoms with Crippen LogP contribution < -0.4 is 10.1 Å². The highest BCUT2D eigenvalue weighted by atomic mass is 32.2. The van der Waals surface area contributed by atoms with Gasteiger partial charge in [-0.15, -0.1) is 0 Å². The second-order valence-corrected chi connectivity index (χ2v) is 7.34. The first-order chi connectivity index (χ1) is 9.52. The van der Waals surface area contributed by atoms with Gasteiger partial charge in [0.25, 0.3) is 0 Å². The second-order valence-electron chi connectivity index (χ2n) is 5.11. The van der Waals surface area contributed by atoms with Crippen LogP contribution in [0.15, 0.2) is 6.20 Å². The molecule has 2 unspecified atom stereocenters. The predicted octanol–water partition coefficient (Wildman–Crippen LogP) is 0.997. The average molecular weight is 301 g/mol. The van der Waals surface area contributed by atoms with E-state index in [1.54, 1.807) is 13.3 Å². The third-order valence-corrected chi connectivity index (χ3v) is 5.62. The molecule has 2 atom stereocenters. The fourth-order valence-electron chi connectivity index (χ4n) is 2.89. The number of sulfone groups is 1. The Morgan fingerprint density at radius 2 is 2.30 bits per heavy atom. The summed E-state index contributed by atoms with van der Waals surface area (Å²) in [5.41, 5.74) is 0.957. The van der Waals surface area contributed by atoms with Crippen LogP contribution in [0.5, 0.6) is 5.75 Å². The molecule has 1 aliphatic rings. The maximum absolute atomic E-state index is 11.7. The van der Waals surface area contributed by atoms with Gasteiger partial charge in [0, 0.05) is 6.54 Å². The number of nitrogens with zero attached hydrogens (tertiary/aromatic N) is 2. The highest BCUT2D eigenvalue weighted by Gasteiger charge is 2.36. The molecule has 2 heterocycles. The van der Waals surface area contributed by atoms with E-state index in [1.165, 1.54) is 0 Å². The molecule has 7 heteroatoms. The Balaban J connectivity index is 2.36. The van der Waals surface area contributed by atoms with Crippen molar-refractivity contribution < 1.29 is 13.2 Å². The second kappa shape index (κ2) is 6.13. The third kappa shape index (κ3) is 2.98. The smallest absolute Gasteiger partial charge is 0.161 e. The summed E-state index contributed by atoms with van der Waals surface area (Å²) < 4.78 is 30.8. The van der Waals surface area contributed by atoms with Crippen molar-refractivity contribution in [2.24, 2.45) is 5.92 Å². The van der Waals surface area contributed by atoms with Gasteiger partial charge in [0.2, 0.25) is 0 Å². The Kier molecular flexibility index (Phi) is 4.70. The molecule has 1 aromatic rings. The highest BCUT2D eigenvalue weighted by molar-refractivity contribution is 7.91. The number of hydrogen-bond acceptors (Lipinski definition) is 5. The molecule has 1 saturated heterocycles. The molecule has 0 radical (unpaired) electrons. The molecule has 0 bridgehead atoms. The number of hydrogen-bond donors (Lipinski definition) is 1. The lowest BCUT2D eigenvalue weighted by Gasteiger charge is -2.25. The summed E-state index contributed by atoms with van der Waals surface area (Å²) in [6.07, 6.45) is 2.39. The van der Waals surface area contributed by atoms with Gasteiger partial charge in [-0.3, -0.25) is 4.68 Å². The van der Waals surface area contributed by atoms with Gasteiger partial charge in [0.1, 0.15) is 0 Å². The SMILES string of the molecule is CCNC(c1c(OC)cnn1CC)C1CCS(=O)(=O)C1. The molecule has 2 rings (SSSR count). The standard InChI is InChI=1S/C13H23N3O3S/c1-4-14-12(10-6-7-20(17,18)9-10)13-11(19-3)8-15-16(13)5-2/h8,10,12,14H,4-7,9H2,1-3H3. The zero-order valence-corrected chi connectivity index (χ0v) is 13.1. The number of ether oxygens (including phenoxy) is 1. The van der Waals surface area contributed by atoms with Crippen molar-refractivity contribution in [1.29, 1.82) is 0 Å². The molecule has 0 aliphatic carbocycles. The Morgan fingerprint density at radius 1 is 1.55 bits per heavy atom. The van der Waals surface area contributed by atoms with Crippen molar-refractivity contribution in [3.63, 3.8) is 0 Å². The van der Waals surface area contributed by atoms with Crippen LogP contribution in [0.1, 0.15) is 32.0 Å². The molecule has 1 N–H and O–H groups in total. The molecule has 0 amide bonds. The normalized spacial score (nSPS) is 22.9. The molecular weight excluding hydrogens is 278 g/mol. The van der Waals surface area contributed by atoms with Crippen molar-refractivity contribution in [1.82, 2.24) is 15.1 Å². The quantitative estimate of drug-likeness (QED) is 0.848. The molecule has 1 fully saturated rings. The average Bonchev–Trinajstić information content (AvgIpc) is 2.98. The Morgan fingerprint density at radius 3 is 2.80 bits per heavy atom. The molecular formula is C13H23N3O3S. The molecule has 20 heavy (non-hydrogen) atoms. The summed E-state index contributed by atoms with van der Waals surface area (Å²) >= 11 is 0. The van der Waals surface area contributed by atoms with E-state index in [9.17, 15) is 8.42 Å². The molecule has 0 aromatic carbocycles. The largest absolute Gasteiger partial charge is 0.493 e. The summed E-state index contributed by atoms with van der Waals surface area (Å²) in [7, 11) is -1.28. The minimum Gasteiger partial charge on any atom is -0.493 e. The van der Waals surface area contributed by atoms with E-state index in [1.807, 2.05) is 18.5 Å². The Hall–Kier alpha value is -1.08. The first-order valence-corrected chi connectivity index (χ1v) is 8.88. The van der Waals surface area contributed by atoms with Gasteiger partial charge in [-0.05, 0) is 25.8 Å². The third-order valence-electron chi connectivity index (χ3n) is 3.82. The first-order valence-electron chi connectivity index (χ1n) is 7.05. The van der Waals surface area contributed by atoms with E-state index in [4.69, 9.17) is 4.74 Å². The Labute approximate surface area is 120 Å². The van der Waals surface area contributed by atoms with Crippen LogP contribution >= 0.6 is 0 Å². The summed E-state index contributed by atoms with van der Waals surface area (Å²) in [5.74, 6) is 1.32. The van der Waals surface area contributed by atoms with Crippen LogP contribution in [-0.4, -0.2) is 43.4 Å². The van der Waals surface area contributed by atoms with E-state index in [0.29, 0.717) is 6.42 Å². The van der Waals surface area contributed by atoms with Gasteiger partial charge in [-0.25, -0.2) is 8.42 Å². The zero-order valence-electron chi connectivity index (χ0n) is 12.3. The minimum absolute atomic E-state index is 0.0327. The van der Waals surface area contributed by atoms with Crippen LogP contribution in [0.4, 0.5) is 0 Å². The number of methoxy groups -OCH3 is 1. The van der Waals surface area contributed by atoms with Crippen LogP contribution in [0.2, 0.25) is 0 Å². The molecule has 114 valence electrons. The topological polar surface area (TPSA) is 73.2 Å². The minimum atomic E-state index is -2.90. The van der Waals surface area contributed by atoms with Gasteiger partial charge in [0.05, 0.1) is 36.5 Å². The van der Waals surface area contributed by atoms with Crippen LogP contribution in [0, 0.1) is 5.92 Å². The van der Waals surface area contributed by atoms with Crippen LogP contribution in [-0.2, 0) is 16.4 Å². The fraction of sp³-hybridized carbons (Fsp3) is 0.769. The van der Waals surface area contributed by atoms with E-state index in [0.717, 1.165) is 24.5 Å². The lowest BCUT2D eigenvalue weighted by Crippen LogP contribution is -2.31. The highest BCUT2D eigenvalue weighted by Crippen LogP contribution is 2.35.